The van der Waals surface area contributed by atoms with Gasteiger partial charge in [-0.15, -0.1) is 0 Å². The normalized spacial score (nSPS) is 12.4. The molecular weight excluding hydrogens is 338 g/mol. The average molecular weight is 386 g/mol. The van der Waals surface area contributed by atoms with Crippen molar-refractivity contribution in [3.8, 4) is 0 Å². The molecule has 0 aliphatic carbocycles. The van der Waals surface area contributed by atoms with Crippen LogP contribution in [-0.2, 0) is 4.79 Å². The zero-order valence-electron chi connectivity index (χ0n) is 18.2. The third-order valence-corrected chi connectivity index (χ3v) is 5.02. The minimum absolute atomic E-state index is 0.000637. The predicted molar refractivity (Wildman–Crippen MR) is 116 cm³/mol. The van der Waals surface area contributed by atoms with Crippen LogP contribution in [0.4, 0.5) is 0 Å². The largest absolute Gasteiger partial charge is 0.480 e. The van der Waals surface area contributed by atoms with Gasteiger partial charge in [0.15, 0.2) is 0 Å². The average Bonchev–Trinajstić information content (AvgIpc) is 2.65. The zero-order valence-corrected chi connectivity index (χ0v) is 18.2. The molecule has 0 fully saturated rings. The van der Waals surface area contributed by atoms with Gasteiger partial charge in [-0.1, -0.05) is 90.4 Å². The van der Waals surface area contributed by atoms with Crippen LogP contribution >= 0.6 is 0 Å². The van der Waals surface area contributed by atoms with Crippen LogP contribution in [0.3, 0.4) is 0 Å². The lowest BCUT2D eigenvalue weighted by molar-refractivity contribution is -0.136. The van der Waals surface area contributed by atoms with Crippen LogP contribution in [0.15, 0.2) is 0 Å². The lowest BCUT2D eigenvalue weighted by Crippen LogP contribution is -2.44. The summed E-state index contributed by atoms with van der Waals surface area (Å²) in [7, 11) is 0. The van der Waals surface area contributed by atoms with E-state index in [1.165, 1.54) is 89.9 Å². The molecule has 0 aromatic rings. The summed E-state index contributed by atoms with van der Waals surface area (Å²) in [4.78, 5) is 10.4. The minimum Gasteiger partial charge on any atom is -0.480 e. The Morgan fingerprint density at radius 2 is 1.19 bits per heavy atom. The Bertz CT molecular complexity index is 314. The monoisotopic (exact) mass is 385 g/mol. The molecule has 5 nitrogen and oxygen atoms in total. The standard InChI is InChI=1S/C22H47N3O2/c1-3-4-5-6-7-8-9-10-11-12-13-14-15-16-17-23-18-19-24-21(2)25-20-22(26)27/h21,23-25H,3-20H2,1-2H3,(H,26,27). The number of hydrogen-bond donors (Lipinski definition) is 4. The molecule has 5 heteroatoms. The molecule has 1 atom stereocenters. The smallest absolute Gasteiger partial charge is 0.317 e. The van der Waals surface area contributed by atoms with E-state index in [2.05, 4.69) is 22.9 Å². The fraction of sp³-hybridized carbons (Fsp3) is 0.955. The highest BCUT2D eigenvalue weighted by Gasteiger charge is 2.01. The number of aliphatic carboxylic acids is 1. The molecule has 0 bridgehead atoms. The van der Waals surface area contributed by atoms with Gasteiger partial charge >= 0.3 is 5.97 Å². The number of rotatable bonds is 22. The maximum Gasteiger partial charge on any atom is 0.317 e. The van der Waals surface area contributed by atoms with E-state index in [-0.39, 0.29) is 12.7 Å². The summed E-state index contributed by atoms with van der Waals surface area (Å²) in [5.74, 6) is -0.820. The lowest BCUT2D eigenvalue weighted by Gasteiger charge is -2.14. The molecule has 0 saturated heterocycles. The second-order valence-electron chi connectivity index (χ2n) is 7.80. The Balaban J connectivity index is 3.08. The van der Waals surface area contributed by atoms with Crippen LogP contribution < -0.4 is 16.0 Å². The highest BCUT2D eigenvalue weighted by Crippen LogP contribution is 2.12. The third-order valence-electron chi connectivity index (χ3n) is 5.02. The van der Waals surface area contributed by atoms with Gasteiger partial charge in [0, 0.05) is 13.1 Å². The van der Waals surface area contributed by atoms with E-state index in [4.69, 9.17) is 5.11 Å². The SMILES string of the molecule is CCCCCCCCCCCCCCCCNCCNC(C)NCC(=O)O. The molecule has 0 radical (unpaired) electrons. The van der Waals surface area contributed by atoms with E-state index in [9.17, 15) is 4.79 Å². The molecule has 0 aliphatic heterocycles. The lowest BCUT2D eigenvalue weighted by atomic mass is 10.0. The predicted octanol–water partition coefficient (Wildman–Crippen LogP) is 4.67. The van der Waals surface area contributed by atoms with Gasteiger partial charge in [-0.3, -0.25) is 10.1 Å². The summed E-state index contributed by atoms with van der Waals surface area (Å²) < 4.78 is 0. The fourth-order valence-corrected chi connectivity index (χ4v) is 3.26. The minimum atomic E-state index is -0.820. The highest BCUT2D eigenvalue weighted by atomic mass is 16.4. The van der Waals surface area contributed by atoms with Crippen molar-refractivity contribution in [3.63, 3.8) is 0 Å². The van der Waals surface area contributed by atoms with E-state index in [0.29, 0.717) is 0 Å². The Morgan fingerprint density at radius 3 is 1.67 bits per heavy atom. The van der Waals surface area contributed by atoms with Gasteiger partial charge in [-0.05, 0) is 19.9 Å². The van der Waals surface area contributed by atoms with Crippen molar-refractivity contribution < 1.29 is 9.90 Å². The van der Waals surface area contributed by atoms with Crippen molar-refractivity contribution in [2.45, 2.75) is 110 Å². The zero-order chi connectivity index (χ0) is 20.0. The van der Waals surface area contributed by atoms with Crippen LogP contribution in [-0.4, -0.2) is 43.4 Å². The molecule has 0 spiro atoms. The van der Waals surface area contributed by atoms with Gasteiger partial charge < -0.3 is 15.7 Å². The van der Waals surface area contributed by atoms with Crippen LogP contribution in [0, 0.1) is 0 Å². The van der Waals surface area contributed by atoms with E-state index < -0.39 is 5.97 Å². The molecule has 0 rings (SSSR count). The summed E-state index contributed by atoms with van der Waals surface area (Å²) in [6.45, 7) is 7.08. The van der Waals surface area contributed by atoms with E-state index in [0.717, 1.165) is 19.6 Å². The maximum atomic E-state index is 10.4. The molecule has 0 aliphatic rings. The number of carboxylic acids is 1. The topological polar surface area (TPSA) is 73.4 Å². The van der Waals surface area contributed by atoms with Gasteiger partial charge in [-0.2, -0.15) is 0 Å². The number of hydrogen-bond acceptors (Lipinski definition) is 4. The number of carbonyl (C=O) groups is 1. The van der Waals surface area contributed by atoms with E-state index in [1.807, 2.05) is 6.92 Å². The molecule has 27 heavy (non-hydrogen) atoms. The first-order valence-electron chi connectivity index (χ1n) is 11.6. The van der Waals surface area contributed by atoms with Crippen molar-refractivity contribution in [2.75, 3.05) is 26.2 Å². The highest BCUT2D eigenvalue weighted by molar-refractivity contribution is 5.69. The Hall–Kier alpha value is -0.650. The van der Waals surface area contributed by atoms with Crippen LogP contribution in [0.5, 0.6) is 0 Å². The van der Waals surface area contributed by atoms with Crippen molar-refractivity contribution >= 4 is 5.97 Å². The molecule has 1 unspecified atom stereocenters. The van der Waals surface area contributed by atoms with Gasteiger partial charge in [0.05, 0.1) is 12.7 Å². The first-order valence-corrected chi connectivity index (χ1v) is 11.6. The second kappa shape index (κ2) is 21.6. The van der Waals surface area contributed by atoms with Crippen LogP contribution in [0.25, 0.3) is 0 Å². The number of carboxylic acid groups (broad SMARTS) is 1. The van der Waals surface area contributed by atoms with Gasteiger partial charge in [0.25, 0.3) is 0 Å². The number of unbranched alkanes of at least 4 members (excludes halogenated alkanes) is 13. The van der Waals surface area contributed by atoms with Crippen LogP contribution in [0.1, 0.15) is 104 Å². The molecule has 0 saturated carbocycles. The fourth-order valence-electron chi connectivity index (χ4n) is 3.26. The van der Waals surface area contributed by atoms with Crippen molar-refractivity contribution in [2.24, 2.45) is 0 Å². The molecule has 0 amide bonds. The molecule has 162 valence electrons. The first kappa shape index (κ1) is 26.4. The molecular formula is C22H47N3O2. The van der Waals surface area contributed by atoms with Crippen molar-refractivity contribution in [3.05, 3.63) is 0 Å². The summed E-state index contributed by atoms with van der Waals surface area (Å²) in [5.41, 5.74) is 0. The summed E-state index contributed by atoms with van der Waals surface area (Å²) in [6, 6.07) is 0. The first-order chi connectivity index (χ1) is 13.2. The maximum absolute atomic E-state index is 10.4. The summed E-state index contributed by atoms with van der Waals surface area (Å²) in [5, 5.41) is 18.2. The molecule has 0 aromatic carbocycles. The quantitative estimate of drug-likeness (QED) is 0.161. The Labute approximate surface area is 168 Å². The van der Waals surface area contributed by atoms with Gasteiger partial charge in [0.2, 0.25) is 0 Å². The van der Waals surface area contributed by atoms with Crippen molar-refractivity contribution in [1.29, 1.82) is 0 Å². The van der Waals surface area contributed by atoms with Crippen LogP contribution in [0.2, 0.25) is 0 Å². The molecule has 0 heterocycles. The van der Waals surface area contributed by atoms with E-state index >= 15 is 0 Å². The third kappa shape index (κ3) is 23.3. The summed E-state index contributed by atoms with van der Waals surface area (Å²) in [6.07, 6.45) is 19.6. The van der Waals surface area contributed by atoms with Gasteiger partial charge in [-0.25, -0.2) is 0 Å². The summed E-state index contributed by atoms with van der Waals surface area (Å²) >= 11 is 0. The second-order valence-corrected chi connectivity index (χ2v) is 7.80. The van der Waals surface area contributed by atoms with Gasteiger partial charge in [0.1, 0.15) is 0 Å². The molecule has 0 aromatic heterocycles. The Kier molecular flexibility index (Phi) is 21.1. The molecule has 4 N–H and O–H groups in total. The van der Waals surface area contributed by atoms with E-state index in [1.54, 1.807) is 0 Å². The van der Waals surface area contributed by atoms with Crippen molar-refractivity contribution in [1.82, 2.24) is 16.0 Å². The Morgan fingerprint density at radius 1 is 0.704 bits per heavy atom. The number of nitrogens with one attached hydrogen (secondary N) is 3.